The monoisotopic (exact) mass is 359 g/mol. The maximum Gasteiger partial charge on any atom is 0.354 e. The Morgan fingerprint density at radius 3 is 2.23 bits per heavy atom. The van der Waals surface area contributed by atoms with Crippen molar-refractivity contribution in [3.8, 4) is 0 Å². The van der Waals surface area contributed by atoms with Gasteiger partial charge in [-0.25, -0.2) is 9.78 Å². The summed E-state index contributed by atoms with van der Waals surface area (Å²) in [5, 5.41) is 9.00. The number of carboxylic acid groups (broad SMARTS) is 1. The van der Waals surface area contributed by atoms with Crippen LogP contribution in [-0.2, 0) is 4.79 Å². The molecule has 1 aliphatic heterocycles. The normalized spacial score (nSPS) is 18.6. The van der Waals surface area contributed by atoms with Crippen molar-refractivity contribution in [1.82, 2.24) is 14.8 Å². The molecule has 7 nitrogen and oxygen atoms in total. The van der Waals surface area contributed by atoms with Crippen LogP contribution in [0.2, 0.25) is 0 Å². The van der Waals surface area contributed by atoms with Gasteiger partial charge in [0.05, 0.1) is 0 Å². The predicted octanol–water partition coefficient (Wildman–Crippen LogP) is 2.03. The van der Waals surface area contributed by atoms with Crippen LogP contribution in [-0.4, -0.2) is 63.9 Å². The summed E-state index contributed by atoms with van der Waals surface area (Å²) >= 11 is 0. The molecule has 2 aliphatic rings. The highest BCUT2D eigenvalue weighted by atomic mass is 16.4. The van der Waals surface area contributed by atoms with Crippen LogP contribution in [0.15, 0.2) is 18.2 Å². The topological polar surface area (TPSA) is 90.8 Å². The minimum absolute atomic E-state index is 0.131. The second kappa shape index (κ2) is 8.29. The summed E-state index contributed by atoms with van der Waals surface area (Å²) in [6.45, 7) is 1.95. The van der Waals surface area contributed by atoms with Gasteiger partial charge in [-0.2, -0.15) is 0 Å². The lowest BCUT2D eigenvalue weighted by Gasteiger charge is -2.35. The molecule has 0 bridgehead atoms. The molecule has 2 amide bonds. The SMILES string of the molecule is O=C(O)c1cccc(C(=O)N2CCN(C(=O)CC3CCCCC3)CC2)n1. The average Bonchev–Trinajstić information content (AvgIpc) is 2.68. The summed E-state index contributed by atoms with van der Waals surface area (Å²) in [6, 6.07) is 4.41. The lowest BCUT2D eigenvalue weighted by molar-refractivity contribution is -0.133. The standard InChI is InChI=1S/C19H25N3O4/c23-17(13-14-5-2-1-3-6-14)21-9-11-22(12-10-21)18(24)15-7-4-8-16(20-15)19(25)26/h4,7-8,14H,1-3,5-6,9-13H2,(H,25,26). The molecule has 0 unspecified atom stereocenters. The number of hydrogen-bond acceptors (Lipinski definition) is 4. The lowest BCUT2D eigenvalue weighted by atomic mass is 9.86. The highest BCUT2D eigenvalue weighted by molar-refractivity contribution is 5.94. The Hall–Kier alpha value is -2.44. The van der Waals surface area contributed by atoms with Gasteiger partial charge >= 0.3 is 5.97 Å². The van der Waals surface area contributed by atoms with Crippen LogP contribution in [0.3, 0.4) is 0 Å². The number of piperazine rings is 1. The maximum atomic E-state index is 12.5. The molecule has 1 N–H and O–H groups in total. The Kier molecular flexibility index (Phi) is 5.85. The molecular formula is C19H25N3O4. The molecule has 0 spiro atoms. The molecule has 1 aliphatic carbocycles. The van der Waals surface area contributed by atoms with Crippen LogP contribution < -0.4 is 0 Å². The van der Waals surface area contributed by atoms with Gasteiger partial charge < -0.3 is 14.9 Å². The first kappa shape index (κ1) is 18.4. The van der Waals surface area contributed by atoms with E-state index in [9.17, 15) is 14.4 Å². The van der Waals surface area contributed by atoms with Crippen molar-refractivity contribution in [3.05, 3.63) is 29.6 Å². The number of amides is 2. The molecule has 1 aromatic rings. The average molecular weight is 359 g/mol. The number of aromatic carboxylic acids is 1. The van der Waals surface area contributed by atoms with Gasteiger partial charge in [-0.15, -0.1) is 0 Å². The van der Waals surface area contributed by atoms with Crippen molar-refractivity contribution in [1.29, 1.82) is 0 Å². The van der Waals surface area contributed by atoms with Gasteiger partial charge in [0.2, 0.25) is 5.91 Å². The zero-order valence-corrected chi connectivity index (χ0v) is 14.9. The number of nitrogens with zero attached hydrogens (tertiary/aromatic N) is 3. The van der Waals surface area contributed by atoms with E-state index in [1.807, 2.05) is 4.90 Å². The molecule has 0 aromatic carbocycles. The van der Waals surface area contributed by atoms with Crippen LogP contribution in [0.1, 0.15) is 59.5 Å². The lowest BCUT2D eigenvalue weighted by Crippen LogP contribution is -2.51. The molecule has 2 fully saturated rings. The predicted molar refractivity (Wildman–Crippen MR) is 94.9 cm³/mol. The van der Waals surface area contributed by atoms with Crippen molar-refractivity contribution in [2.24, 2.45) is 5.92 Å². The van der Waals surface area contributed by atoms with E-state index in [4.69, 9.17) is 5.11 Å². The highest BCUT2D eigenvalue weighted by Crippen LogP contribution is 2.27. The second-order valence-electron chi connectivity index (χ2n) is 7.09. The summed E-state index contributed by atoms with van der Waals surface area (Å²) < 4.78 is 0. The van der Waals surface area contributed by atoms with Crippen LogP contribution >= 0.6 is 0 Å². The van der Waals surface area contributed by atoms with Crippen molar-refractivity contribution in [2.45, 2.75) is 38.5 Å². The second-order valence-corrected chi connectivity index (χ2v) is 7.09. The van der Waals surface area contributed by atoms with Gasteiger partial charge in [0.25, 0.3) is 5.91 Å². The van der Waals surface area contributed by atoms with Gasteiger partial charge in [-0.1, -0.05) is 25.3 Å². The molecule has 140 valence electrons. The van der Waals surface area contributed by atoms with Crippen LogP contribution in [0.25, 0.3) is 0 Å². The molecule has 7 heteroatoms. The Morgan fingerprint density at radius 1 is 0.962 bits per heavy atom. The largest absolute Gasteiger partial charge is 0.477 e. The summed E-state index contributed by atoms with van der Waals surface area (Å²) in [5.74, 6) is -0.737. The summed E-state index contributed by atoms with van der Waals surface area (Å²) in [6.07, 6.45) is 6.65. The van der Waals surface area contributed by atoms with E-state index in [1.165, 1.54) is 37.5 Å². The number of hydrogen-bond donors (Lipinski definition) is 1. The molecule has 1 saturated heterocycles. The molecule has 0 radical (unpaired) electrons. The van der Waals surface area contributed by atoms with Gasteiger partial charge in [-0.05, 0) is 30.9 Å². The fourth-order valence-corrected chi connectivity index (χ4v) is 3.76. The molecule has 2 heterocycles. The number of carbonyl (C=O) groups excluding carboxylic acids is 2. The number of pyridine rings is 1. The summed E-state index contributed by atoms with van der Waals surface area (Å²) in [4.78, 5) is 43.4. The van der Waals surface area contributed by atoms with E-state index in [1.54, 1.807) is 4.90 Å². The smallest absolute Gasteiger partial charge is 0.354 e. The third kappa shape index (κ3) is 4.39. The fourth-order valence-electron chi connectivity index (χ4n) is 3.76. The minimum atomic E-state index is -1.15. The summed E-state index contributed by atoms with van der Waals surface area (Å²) in [7, 11) is 0. The number of aromatic nitrogens is 1. The van der Waals surface area contributed by atoms with E-state index >= 15 is 0 Å². The number of carboxylic acids is 1. The Balaban J connectivity index is 1.52. The first-order valence-corrected chi connectivity index (χ1v) is 9.32. The van der Waals surface area contributed by atoms with E-state index in [0.717, 1.165) is 12.8 Å². The van der Waals surface area contributed by atoms with Crippen molar-refractivity contribution < 1.29 is 19.5 Å². The van der Waals surface area contributed by atoms with Gasteiger partial charge in [0, 0.05) is 32.6 Å². The Morgan fingerprint density at radius 2 is 1.58 bits per heavy atom. The quantitative estimate of drug-likeness (QED) is 0.888. The first-order chi connectivity index (χ1) is 12.5. The fraction of sp³-hybridized carbons (Fsp3) is 0.579. The Bertz CT molecular complexity index is 677. The summed E-state index contributed by atoms with van der Waals surface area (Å²) in [5.41, 5.74) is -0.0102. The number of rotatable bonds is 4. The highest BCUT2D eigenvalue weighted by Gasteiger charge is 2.27. The van der Waals surface area contributed by atoms with Crippen LogP contribution in [0.5, 0.6) is 0 Å². The van der Waals surface area contributed by atoms with Gasteiger partial charge in [0.1, 0.15) is 11.4 Å². The number of carbonyl (C=O) groups is 3. The maximum absolute atomic E-state index is 12.5. The molecular weight excluding hydrogens is 334 g/mol. The molecule has 1 saturated carbocycles. The van der Waals surface area contributed by atoms with E-state index in [2.05, 4.69) is 4.98 Å². The minimum Gasteiger partial charge on any atom is -0.477 e. The van der Waals surface area contributed by atoms with Gasteiger partial charge in [-0.3, -0.25) is 9.59 Å². The first-order valence-electron chi connectivity index (χ1n) is 9.32. The van der Waals surface area contributed by atoms with Crippen molar-refractivity contribution >= 4 is 17.8 Å². The van der Waals surface area contributed by atoms with Crippen LogP contribution in [0.4, 0.5) is 0 Å². The van der Waals surface area contributed by atoms with Crippen LogP contribution in [0, 0.1) is 5.92 Å². The third-order valence-corrected chi connectivity index (χ3v) is 5.29. The van der Waals surface area contributed by atoms with Crippen molar-refractivity contribution in [3.63, 3.8) is 0 Å². The zero-order valence-electron chi connectivity index (χ0n) is 14.9. The van der Waals surface area contributed by atoms with Gasteiger partial charge in [0.15, 0.2) is 0 Å². The van der Waals surface area contributed by atoms with E-state index in [0.29, 0.717) is 38.5 Å². The Labute approximate surface area is 153 Å². The van der Waals surface area contributed by atoms with E-state index < -0.39 is 5.97 Å². The zero-order chi connectivity index (χ0) is 18.5. The van der Waals surface area contributed by atoms with Crippen molar-refractivity contribution in [2.75, 3.05) is 26.2 Å². The van der Waals surface area contributed by atoms with E-state index in [-0.39, 0.29) is 23.2 Å². The molecule has 26 heavy (non-hydrogen) atoms. The third-order valence-electron chi connectivity index (χ3n) is 5.29. The molecule has 1 aromatic heterocycles. The molecule has 0 atom stereocenters. The molecule has 3 rings (SSSR count).